The van der Waals surface area contributed by atoms with E-state index in [4.69, 9.17) is 0 Å². The first-order valence-corrected chi connectivity index (χ1v) is 10.7. The quantitative estimate of drug-likeness (QED) is 0.526. The molecule has 33 heavy (non-hydrogen) atoms. The monoisotopic (exact) mass is 443 g/mol. The molecular weight excluding hydrogens is 421 g/mol. The minimum Gasteiger partial charge on any atom is -0.351 e. The molecule has 2 aromatic carbocycles. The second kappa shape index (κ2) is 8.46. The number of halogens is 1. The van der Waals surface area contributed by atoms with Crippen LogP contribution in [-0.2, 0) is 24.9 Å². The number of amides is 2. The van der Waals surface area contributed by atoms with Crippen molar-refractivity contribution in [3.63, 3.8) is 0 Å². The summed E-state index contributed by atoms with van der Waals surface area (Å²) in [6.07, 6.45) is 3.52. The van der Waals surface area contributed by atoms with Crippen molar-refractivity contribution in [2.75, 3.05) is 6.54 Å². The molecule has 8 heteroatoms. The number of fused-ring (bicyclic) bond motifs is 2. The molecule has 166 valence electrons. The van der Waals surface area contributed by atoms with Gasteiger partial charge in [-0.1, -0.05) is 30.3 Å². The lowest BCUT2D eigenvalue weighted by molar-refractivity contribution is -0.123. The van der Waals surface area contributed by atoms with Crippen molar-refractivity contribution < 1.29 is 14.0 Å². The Balaban J connectivity index is 1.42. The topological polar surface area (TPSA) is 80.1 Å². The summed E-state index contributed by atoms with van der Waals surface area (Å²) in [5.41, 5.74) is 3.15. The molecule has 5 rings (SSSR count). The van der Waals surface area contributed by atoms with Crippen molar-refractivity contribution in [2.45, 2.75) is 19.0 Å². The zero-order chi connectivity index (χ0) is 22.9. The van der Waals surface area contributed by atoms with Crippen LogP contribution >= 0.6 is 0 Å². The molecule has 0 unspecified atom stereocenters. The third-order valence-electron chi connectivity index (χ3n) is 5.92. The van der Waals surface area contributed by atoms with Gasteiger partial charge in [0.05, 0.1) is 17.1 Å². The van der Waals surface area contributed by atoms with Crippen LogP contribution < -0.4 is 5.32 Å². The number of rotatable bonds is 4. The second-order valence-electron chi connectivity index (χ2n) is 8.14. The SMILES string of the molecule is Cn1cc2c(n1)[C@H](C(=O)NCc1ccccc1F)CN(C(=O)c1cccc3ncccc13)C2. The Labute approximate surface area is 189 Å². The molecular formula is C25H22FN5O2. The van der Waals surface area contributed by atoms with Crippen LogP contribution in [0, 0.1) is 5.82 Å². The highest BCUT2D eigenvalue weighted by atomic mass is 19.1. The van der Waals surface area contributed by atoms with Gasteiger partial charge in [0.1, 0.15) is 5.82 Å². The molecule has 0 saturated heterocycles. The first kappa shape index (κ1) is 20.8. The van der Waals surface area contributed by atoms with Gasteiger partial charge in [-0.15, -0.1) is 0 Å². The Morgan fingerprint density at radius 3 is 2.82 bits per heavy atom. The maximum absolute atomic E-state index is 14.0. The first-order chi connectivity index (χ1) is 16.0. The second-order valence-corrected chi connectivity index (χ2v) is 8.14. The van der Waals surface area contributed by atoms with Crippen LogP contribution in [0.3, 0.4) is 0 Å². The normalized spacial score (nSPS) is 15.3. The van der Waals surface area contributed by atoms with E-state index in [1.807, 2.05) is 18.3 Å². The van der Waals surface area contributed by atoms with Gasteiger partial charge in [0.2, 0.25) is 5.91 Å². The van der Waals surface area contributed by atoms with Crippen LogP contribution in [0.1, 0.15) is 33.1 Å². The molecule has 0 radical (unpaired) electrons. The number of aromatic nitrogens is 3. The van der Waals surface area contributed by atoms with Crippen molar-refractivity contribution in [3.8, 4) is 0 Å². The molecule has 0 aliphatic carbocycles. The lowest BCUT2D eigenvalue weighted by Crippen LogP contribution is -2.43. The number of aryl methyl sites for hydroxylation is 1. The van der Waals surface area contributed by atoms with E-state index in [2.05, 4.69) is 15.4 Å². The number of carbonyl (C=O) groups is 2. The van der Waals surface area contributed by atoms with E-state index in [0.29, 0.717) is 23.4 Å². The molecule has 1 aliphatic heterocycles. The predicted octanol–water partition coefficient (Wildman–Crippen LogP) is 3.16. The summed E-state index contributed by atoms with van der Waals surface area (Å²) in [5.74, 6) is -1.49. The van der Waals surface area contributed by atoms with Gasteiger partial charge in [-0.3, -0.25) is 19.3 Å². The summed E-state index contributed by atoms with van der Waals surface area (Å²) in [7, 11) is 1.79. The van der Waals surface area contributed by atoms with Gasteiger partial charge in [0.25, 0.3) is 5.91 Å². The highest BCUT2D eigenvalue weighted by molar-refractivity contribution is 6.06. The summed E-state index contributed by atoms with van der Waals surface area (Å²) in [4.78, 5) is 32.7. The maximum Gasteiger partial charge on any atom is 0.254 e. The van der Waals surface area contributed by atoms with Gasteiger partial charge in [0, 0.05) is 61.2 Å². The molecule has 0 bridgehead atoms. The van der Waals surface area contributed by atoms with Gasteiger partial charge in [-0.25, -0.2) is 4.39 Å². The van der Waals surface area contributed by atoms with Crippen LogP contribution in [-0.4, -0.2) is 38.0 Å². The molecule has 1 atom stereocenters. The van der Waals surface area contributed by atoms with E-state index in [-0.39, 0.29) is 30.7 Å². The number of nitrogens with zero attached hydrogens (tertiary/aromatic N) is 4. The molecule has 1 aliphatic rings. The molecule has 2 amide bonds. The standard InChI is InChI=1S/C25H22FN5O2/c1-30-13-17-14-31(25(33)19-7-4-10-22-18(19)8-5-11-27-22)15-20(23(17)29-30)24(32)28-12-16-6-2-3-9-21(16)26/h2-11,13,20H,12,14-15H2,1H3,(H,28,32)/t20-/m1/s1. The molecule has 1 N–H and O–H groups in total. The lowest BCUT2D eigenvalue weighted by Gasteiger charge is -2.31. The zero-order valence-electron chi connectivity index (χ0n) is 18.0. The summed E-state index contributed by atoms with van der Waals surface area (Å²) >= 11 is 0. The number of hydrogen-bond donors (Lipinski definition) is 1. The van der Waals surface area contributed by atoms with Gasteiger partial charge in [0.15, 0.2) is 0 Å². The average Bonchev–Trinajstić information content (AvgIpc) is 3.22. The minimum atomic E-state index is -0.654. The fraction of sp³-hybridized carbons (Fsp3) is 0.200. The lowest BCUT2D eigenvalue weighted by atomic mass is 9.94. The molecule has 7 nitrogen and oxygen atoms in total. The fourth-order valence-corrected chi connectivity index (χ4v) is 4.32. The number of nitrogens with one attached hydrogen (secondary N) is 1. The number of pyridine rings is 1. The summed E-state index contributed by atoms with van der Waals surface area (Å²) in [5, 5.41) is 8.06. The Morgan fingerprint density at radius 1 is 1.12 bits per heavy atom. The molecule has 0 fully saturated rings. The highest BCUT2D eigenvalue weighted by Gasteiger charge is 2.35. The summed E-state index contributed by atoms with van der Waals surface area (Å²) in [6.45, 7) is 0.603. The number of carbonyl (C=O) groups excluding carboxylic acids is 2. The van der Waals surface area contributed by atoms with Crippen molar-refractivity contribution in [1.82, 2.24) is 25.0 Å². The smallest absolute Gasteiger partial charge is 0.254 e. The van der Waals surface area contributed by atoms with Gasteiger partial charge in [-0.2, -0.15) is 5.10 Å². The highest BCUT2D eigenvalue weighted by Crippen LogP contribution is 2.29. The first-order valence-electron chi connectivity index (χ1n) is 10.7. The van der Waals surface area contributed by atoms with Crippen LogP contribution in [0.2, 0.25) is 0 Å². The molecule has 0 spiro atoms. The minimum absolute atomic E-state index is 0.0626. The third-order valence-corrected chi connectivity index (χ3v) is 5.92. The molecule has 4 aromatic rings. The third kappa shape index (κ3) is 3.95. The summed E-state index contributed by atoms with van der Waals surface area (Å²) < 4.78 is 15.6. The van der Waals surface area contributed by atoms with Gasteiger partial charge < -0.3 is 10.2 Å². The fourth-order valence-electron chi connectivity index (χ4n) is 4.32. The van der Waals surface area contributed by atoms with Crippen molar-refractivity contribution in [1.29, 1.82) is 0 Å². The summed E-state index contributed by atoms with van der Waals surface area (Å²) in [6, 6.07) is 15.4. The Hall–Kier alpha value is -4.07. The van der Waals surface area contributed by atoms with E-state index >= 15 is 0 Å². The van der Waals surface area contributed by atoms with Crippen LogP contribution in [0.4, 0.5) is 4.39 Å². The van der Waals surface area contributed by atoms with Crippen LogP contribution in [0.5, 0.6) is 0 Å². The largest absolute Gasteiger partial charge is 0.351 e. The van der Waals surface area contributed by atoms with E-state index in [1.54, 1.807) is 59.2 Å². The maximum atomic E-state index is 14.0. The molecule has 3 heterocycles. The van der Waals surface area contributed by atoms with E-state index < -0.39 is 5.92 Å². The Morgan fingerprint density at radius 2 is 1.97 bits per heavy atom. The Kier molecular flexibility index (Phi) is 5.34. The molecule has 2 aromatic heterocycles. The van der Waals surface area contributed by atoms with E-state index in [0.717, 1.165) is 16.5 Å². The van der Waals surface area contributed by atoms with Crippen LogP contribution in [0.25, 0.3) is 10.9 Å². The van der Waals surface area contributed by atoms with E-state index in [9.17, 15) is 14.0 Å². The number of hydrogen-bond acceptors (Lipinski definition) is 4. The Bertz CT molecular complexity index is 1360. The molecule has 0 saturated carbocycles. The van der Waals surface area contributed by atoms with Gasteiger partial charge in [-0.05, 0) is 24.3 Å². The van der Waals surface area contributed by atoms with Crippen molar-refractivity contribution in [3.05, 3.63) is 95.2 Å². The van der Waals surface area contributed by atoms with Crippen molar-refractivity contribution in [2.24, 2.45) is 7.05 Å². The van der Waals surface area contributed by atoms with Crippen LogP contribution in [0.15, 0.2) is 67.0 Å². The number of benzene rings is 2. The average molecular weight is 443 g/mol. The predicted molar refractivity (Wildman–Crippen MR) is 121 cm³/mol. The van der Waals surface area contributed by atoms with E-state index in [1.165, 1.54) is 6.07 Å². The van der Waals surface area contributed by atoms with Crippen molar-refractivity contribution >= 4 is 22.7 Å². The van der Waals surface area contributed by atoms with Gasteiger partial charge >= 0.3 is 0 Å². The zero-order valence-corrected chi connectivity index (χ0v) is 18.0.